The Hall–Kier alpha value is 0.150. The third kappa shape index (κ3) is 1.60. The maximum atomic E-state index is 5.84. The van der Waals surface area contributed by atoms with Gasteiger partial charge >= 0.3 is 0 Å². The molecule has 0 fully saturated rings. The topological polar surface area (TPSA) is 0 Å². The first-order valence-corrected chi connectivity index (χ1v) is 4.72. The molecular weight excluding hydrogens is 187 g/mol. The molecule has 0 radical (unpaired) electrons. The lowest BCUT2D eigenvalue weighted by Gasteiger charge is -1.99. The highest BCUT2D eigenvalue weighted by atomic mass is 35.5. The summed E-state index contributed by atoms with van der Waals surface area (Å²) in [6, 6.07) is 5.61. The van der Waals surface area contributed by atoms with Crippen molar-refractivity contribution in [3.63, 3.8) is 0 Å². The van der Waals surface area contributed by atoms with Crippen LogP contribution in [-0.2, 0) is 0 Å². The van der Waals surface area contributed by atoms with E-state index in [0.717, 1.165) is 4.90 Å². The van der Waals surface area contributed by atoms with Crippen LogP contribution < -0.4 is 0 Å². The van der Waals surface area contributed by atoms with Gasteiger partial charge in [0.15, 0.2) is 0 Å². The first-order valence-electron chi connectivity index (χ1n) is 2.73. The van der Waals surface area contributed by atoms with Gasteiger partial charge < -0.3 is 0 Å². The summed E-state index contributed by atoms with van der Waals surface area (Å²) in [5.74, 6) is 0. The van der Waals surface area contributed by atoms with E-state index in [1.54, 1.807) is 17.8 Å². The van der Waals surface area contributed by atoms with Crippen molar-refractivity contribution in [2.75, 3.05) is 6.26 Å². The van der Waals surface area contributed by atoms with Crippen molar-refractivity contribution in [3.05, 3.63) is 28.2 Å². The SMILES string of the molecule is CSc1cccc(Cl)c1Cl. The summed E-state index contributed by atoms with van der Waals surface area (Å²) in [7, 11) is 0. The predicted molar refractivity (Wildman–Crippen MR) is 48.2 cm³/mol. The molecule has 0 aliphatic rings. The maximum absolute atomic E-state index is 5.84. The van der Waals surface area contributed by atoms with Crippen LogP contribution in [0.2, 0.25) is 10.0 Å². The van der Waals surface area contributed by atoms with Crippen LogP contribution >= 0.6 is 35.0 Å². The molecule has 0 atom stereocenters. The second-order valence-corrected chi connectivity index (χ2v) is 3.39. The summed E-state index contributed by atoms with van der Waals surface area (Å²) >= 11 is 13.2. The van der Waals surface area contributed by atoms with Gasteiger partial charge in [0, 0.05) is 4.90 Å². The minimum atomic E-state index is 0.619. The average molecular weight is 193 g/mol. The number of thioether (sulfide) groups is 1. The fourth-order valence-electron chi connectivity index (χ4n) is 0.642. The van der Waals surface area contributed by atoms with E-state index >= 15 is 0 Å². The summed E-state index contributed by atoms with van der Waals surface area (Å²) < 4.78 is 0. The van der Waals surface area contributed by atoms with Crippen molar-refractivity contribution in [1.29, 1.82) is 0 Å². The Labute approximate surface area is 74.5 Å². The monoisotopic (exact) mass is 192 g/mol. The highest BCUT2D eigenvalue weighted by molar-refractivity contribution is 7.98. The lowest BCUT2D eigenvalue weighted by molar-refractivity contribution is 1.47. The van der Waals surface area contributed by atoms with Gasteiger partial charge in [0.05, 0.1) is 10.0 Å². The Balaban J connectivity index is 3.14. The second kappa shape index (κ2) is 3.51. The molecule has 0 saturated heterocycles. The van der Waals surface area contributed by atoms with Gasteiger partial charge in [-0.15, -0.1) is 11.8 Å². The molecule has 54 valence electrons. The zero-order valence-electron chi connectivity index (χ0n) is 5.40. The maximum Gasteiger partial charge on any atom is 0.0727 e. The van der Waals surface area contributed by atoms with Crippen LogP contribution in [0.3, 0.4) is 0 Å². The minimum Gasteiger partial charge on any atom is -0.128 e. The lowest BCUT2D eigenvalue weighted by Crippen LogP contribution is -1.72. The molecule has 0 bridgehead atoms. The van der Waals surface area contributed by atoms with Gasteiger partial charge in [-0.3, -0.25) is 0 Å². The van der Waals surface area contributed by atoms with Crippen molar-refractivity contribution in [2.24, 2.45) is 0 Å². The average Bonchev–Trinajstić information content (AvgIpc) is 1.95. The van der Waals surface area contributed by atoms with E-state index in [1.165, 1.54) is 0 Å². The number of hydrogen-bond acceptors (Lipinski definition) is 1. The van der Waals surface area contributed by atoms with Crippen molar-refractivity contribution in [3.8, 4) is 0 Å². The van der Waals surface area contributed by atoms with E-state index in [2.05, 4.69) is 0 Å². The number of rotatable bonds is 1. The van der Waals surface area contributed by atoms with Gasteiger partial charge in [0.25, 0.3) is 0 Å². The number of hydrogen-bond donors (Lipinski definition) is 0. The predicted octanol–water partition coefficient (Wildman–Crippen LogP) is 3.72. The first-order chi connectivity index (χ1) is 4.75. The number of benzene rings is 1. The second-order valence-electron chi connectivity index (χ2n) is 1.76. The quantitative estimate of drug-likeness (QED) is 0.612. The van der Waals surface area contributed by atoms with Crippen LogP contribution in [0.25, 0.3) is 0 Å². The van der Waals surface area contributed by atoms with Gasteiger partial charge in [0.1, 0.15) is 0 Å². The van der Waals surface area contributed by atoms with Crippen LogP contribution in [0.5, 0.6) is 0 Å². The third-order valence-electron chi connectivity index (χ3n) is 1.14. The molecular formula is C7H6Cl2S. The molecule has 0 unspecified atom stereocenters. The fraction of sp³-hybridized carbons (Fsp3) is 0.143. The van der Waals surface area contributed by atoms with Crippen molar-refractivity contribution in [2.45, 2.75) is 4.90 Å². The number of halogens is 2. The van der Waals surface area contributed by atoms with Crippen LogP contribution in [0.4, 0.5) is 0 Å². The molecule has 0 spiro atoms. The Kier molecular flexibility index (Phi) is 2.90. The van der Waals surface area contributed by atoms with E-state index in [1.807, 2.05) is 18.4 Å². The molecule has 1 aromatic carbocycles. The molecule has 0 heterocycles. The Morgan fingerprint density at radius 2 is 2.00 bits per heavy atom. The Bertz CT molecular complexity index is 235. The minimum absolute atomic E-state index is 0.619. The van der Waals surface area contributed by atoms with Crippen LogP contribution in [0.15, 0.2) is 23.1 Å². The summed E-state index contributed by atoms with van der Waals surface area (Å²) in [4.78, 5) is 1.02. The molecule has 0 aliphatic carbocycles. The van der Waals surface area contributed by atoms with Crippen molar-refractivity contribution >= 4 is 35.0 Å². The van der Waals surface area contributed by atoms with Crippen LogP contribution in [-0.4, -0.2) is 6.26 Å². The third-order valence-corrected chi connectivity index (χ3v) is 2.85. The van der Waals surface area contributed by atoms with Crippen molar-refractivity contribution < 1.29 is 0 Å². The molecule has 3 heteroatoms. The molecule has 0 aromatic heterocycles. The standard InChI is InChI=1S/C7H6Cl2S/c1-10-6-4-2-3-5(8)7(6)9/h2-4H,1H3. The molecule has 0 amide bonds. The molecule has 0 aliphatic heterocycles. The van der Waals surface area contributed by atoms with E-state index in [9.17, 15) is 0 Å². The molecule has 0 saturated carbocycles. The molecule has 0 N–H and O–H groups in total. The zero-order valence-corrected chi connectivity index (χ0v) is 7.72. The Morgan fingerprint density at radius 1 is 1.30 bits per heavy atom. The van der Waals surface area contributed by atoms with Gasteiger partial charge in [-0.2, -0.15) is 0 Å². The summed E-state index contributed by atoms with van der Waals surface area (Å²) in [6.07, 6.45) is 1.97. The lowest BCUT2D eigenvalue weighted by atomic mass is 10.4. The molecule has 1 aromatic rings. The van der Waals surface area contributed by atoms with E-state index in [-0.39, 0.29) is 0 Å². The summed E-state index contributed by atoms with van der Waals surface area (Å²) in [6.45, 7) is 0. The van der Waals surface area contributed by atoms with Gasteiger partial charge in [-0.25, -0.2) is 0 Å². The largest absolute Gasteiger partial charge is 0.128 e. The normalized spacial score (nSPS) is 9.90. The first kappa shape index (κ1) is 8.25. The van der Waals surface area contributed by atoms with Gasteiger partial charge in [-0.1, -0.05) is 29.3 Å². The van der Waals surface area contributed by atoms with Gasteiger partial charge in [-0.05, 0) is 18.4 Å². The van der Waals surface area contributed by atoms with E-state index < -0.39 is 0 Å². The molecule has 0 nitrogen and oxygen atoms in total. The highest BCUT2D eigenvalue weighted by Gasteiger charge is 2.00. The molecule has 10 heavy (non-hydrogen) atoms. The Morgan fingerprint density at radius 3 is 2.50 bits per heavy atom. The van der Waals surface area contributed by atoms with Crippen LogP contribution in [0.1, 0.15) is 0 Å². The zero-order chi connectivity index (χ0) is 7.56. The van der Waals surface area contributed by atoms with Crippen LogP contribution in [0, 0.1) is 0 Å². The summed E-state index contributed by atoms with van der Waals surface area (Å²) in [5, 5.41) is 1.27. The summed E-state index contributed by atoms with van der Waals surface area (Å²) in [5.41, 5.74) is 0. The van der Waals surface area contributed by atoms with E-state index in [4.69, 9.17) is 23.2 Å². The highest BCUT2D eigenvalue weighted by Crippen LogP contribution is 2.31. The van der Waals surface area contributed by atoms with Crippen molar-refractivity contribution in [1.82, 2.24) is 0 Å². The van der Waals surface area contributed by atoms with E-state index in [0.29, 0.717) is 10.0 Å². The van der Waals surface area contributed by atoms with Gasteiger partial charge in [0.2, 0.25) is 0 Å². The smallest absolute Gasteiger partial charge is 0.0727 e. The molecule has 1 rings (SSSR count). The fourth-order valence-corrected chi connectivity index (χ4v) is 1.73.